The van der Waals surface area contributed by atoms with E-state index < -0.39 is 0 Å². The van der Waals surface area contributed by atoms with Crippen LogP contribution in [0.1, 0.15) is 30.3 Å². The minimum atomic E-state index is 0.318. The van der Waals surface area contributed by atoms with Gasteiger partial charge in [-0.1, -0.05) is 25.2 Å². The number of rotatable bonds is 2. The largest absolute Gasteiger partial charge is 0.365 e. The Morgan fingerprint density at radius 3 is 2.58 bits per heavy atom. The van der Waals surface area contributed by atoms with Crippen molar-refractivity contribution in [3.63, 3.8) is 0 Å². The van der Waals surface area contributed by atoms with Crippen molar-refractivity contribution in [2.24, 2.45) is 0 Å². The van der Waals surface area contributed by atoms with Crippen LogP contribution in [-0.4, -0.2) is 12.0 Å². The first kappa shape index (κ1) is 9.01. The molecule has 0 bridgehead atoms. The van der Waals surface area contributed by atoms with Crippen LogP contribution >= 0.6 is 11.3 Å². The summed E-state index contributed by atoms with van der Waals surface area (Å²) in [5.41, 5.74) is 0.895. The van der Waals surface area contributed by atoms with Gasteiger partial charge in [-0.2, -0.15) is 5.26 Å². The quantitative estimate of drug-likeness (QED) is 0.760. The van der Waals surface area contributed by atoms with Gasteiger partial charge in [-0.25, -0.2) is 4.98 Å². The summed E-state index contributed by atoms with van der Waals surface area (Å²) in [7, 11) is 1.81. The molecule has 0 radical (unpaired) electrons. The third-order valence-electron chi connectivity index (χ3n) is 1.52. The molecule has 0 saturated heterocycles. The highest BCUT2D eigenvalue weighted by molar-refractivity contribution is 7.16. The van der Waals surface area contributed by atoms with Crippen LogP contribution in [0.25, 0.3) is 0 Å². The zero-order valence-electron chi connectivity index (χ0n) is 7.38. The van der Waals surface area contributed by atoms with Crippen molar-refractivity contribution >= 4 is 16.5 Å². The van der Waals surface area contributed by atoms with Gasteiger partial charge < -0.3 is 5.32 Å². The lowest BCUT2D eigenvalue weighted by Gasteiger charge is -1.97. The van der Waals surface area contributed by atoms with E-state index in [0.717, 1.165) is 10.8 Å². The number of nitrogens with one attached hydrogen (secondary N) is 1. The lowest BCUT2D eigenvalue weighted by molar-refractivity contribution is 0.830. The Balaban J connectivity index is 3.10. The molecule has 0 atom stereocenters. The second kappa shape index (κ2) is 3.55. The van der Waals surface area contributed by atoms with E-state index in [-0.39, 0.29) is 0 Å². The van der Waals surface area contributed by atoms with Crippen molar-refractivity contribution in [1.29, 1.82) is 5.26 Å². The standard InChI is InChI=1S/C8H11N3S/c1-5(2)7-6(4-9)12-8(10-3)11-7/h5H,1-3H3,(H,10,11). The van der Waals surface area contributed by atoms with Crippen LogP contribution in [0.2, 0.25) is 0 Å². The number of aromatic nitrogens is 1. The molecule has 0 saturated carbocycles. The molecule has 0 aliphatic rings. The molecule has 1 heterocycles. The molecule has 0 aromatic carbocycles. The van der Waals surface area contributed by atoms with Gasteiger partial charge in [-0.05, 0) is 5.92 Å². The van der Waals surface area contributed by atoms with Crippen molar-refractivity contribution < 1.29 is 0 Å². The highest BCUT2D eigenvalue weighted by atomic mass is 32.1. The molecule has 0 aliphatic carbocycles. The first-order valence-electron chi connectivity index (χ1n) is 3.77. The molecule has 1 aromatic rings. The van der Waals surface area contributed by atoms with Crippen LogP contribution in [0, 0.1) is 11.3 Å². The number of anilines is 1. The van der Waals surface area contributed by atoms with Gasteiger partial charge in [0, 0.05) is 7.05 Å². The van der Waals surface area contributed by atoms with Crippen molar-refractivity contribution in [2.45, 2.75) is 19.8 Å². The van der Waals surface area contributed by atoms with E-state index in [4.69, 9.17) is 5.26 Å². The maximum atomic E-state index is 8.77. The molecule has 0 unspecified atom stereocenters. The van der Waals surface area contributed by atoms with Crippen LogP contribution in [-0.2, 0) is 0 Å². The van der Waals surface area contributed by atoms with Crippen LogP contribution in [0.15, 0.2) is 0 Å². The lowest BCUT2D eigenvalue weighted by atomic mass is 10.1. The fourth-order valence-electron chi connectivity index (χ4n) is 0.910. The van der Waals surface area contributed by atoms with Gasteiger partial charge >= 0.3 is 0 Å². The van der Waals surface area contributed by atoms with Gasteiger partial charge in [0.2, 0.25) is 0 Å². The smallest absolute Gasteiger partial charge is 0.183 e. The van der Waals surface area contributed by atoms with Crippen LogP contribution < -0.4 is 5.32 Å². The van der Waals surface area contributed by atoms with Crippen LogP contribution in [0.4, 0.5) is 5.13 Å². The summed E-state index contributed by atoms with van der Waals surface area (Å²) in [4.78, 5) is 5.00. The Labute approximate surface area is 76.1 Å². The summed E-state index contributed by atoms with van der Waals surface area (Å²) in [6.45, 7) is 4.07. The minimum absolute atomic E-state index is 0.318. The molecule has 0 fully saturated rings. The zero-order valence-corrected chi connectivity index (χ0v) is 8.20. The lowest BCUT2D eigenvalue weighted by Crippen LogP contribution is -1.91. The summed E-state index contributed by atoms with van der Waals surface area (Å²) >= 11 is 1.40. The molecule has 64 valence electrons. The summed E-state index contributed by atoms with van der Waals surface area (Å²) < 4.78 is 0. The minimum Gasteiger partial charge on any atom is -0.365 e. The molecular weight excluding hydrogens is 170 g/mol. The van der Waals surface area contributed by atoms with E-state index in [2.05, 4.69) is 16.4 Å². The Morgan fingerprint density at radius 2 is 2.25 bits per heavy atom. The van der Waals surface area contributed by atoms with E-state index in [1.54, 1.807) is 0 Å². The first-order valence-corrected chi connectivity index (χ1v) is 4.59. The van der Waals surface area contributed by atoms with Crippen molar-refractivity contribution in [3.8, 4) is 6.07 Å². The number of hydrogen-bond acceptors (Lipinski definition) is 4. The molecule has 1 aromatic heterocycles. The molecule has 3 nitrogen and oxygen atoms in total. The van der Waals surface area contributed by atoms with Crippen LogP contribution in [0.3, 0.4) is 0 Å². The predicted octanol–water partition coefficient (Wildman–Crippen LogP) is 2.18. The van der Waals surface area contributed by atoms with Gasteiger partial charge in [-0.3, -0.25) is 0 Å². The van der Waals surface area contributed by atoms with Gasteiger partial charge in [0.15, 0.2) is 5.13 Å². The summed E-state index contributed by atoms with van der Waals surface area (Å²) in [6, 6.07) is 2.15. The SMILES string of the molecule is CNc1nc(C(C)C)c(C#N)s1. The molecular formula is C8H11N3S. The Hall–Kier alpha value is -1.08. The number of nitrogens with zero attached hydrogens (tertiary/aromatic N) is 2. The maximum Gasteiger partial charge on any atom is 0.183 e. The van der Waals surface area contributed by atoms with Gasteiger partial charge in [-0.15, -0.1) is 0 Å². The highest BCUT2D eigenvalue weighted by Crippen LogP contribution is 2.26. The van der Waals surface area contributed by atoms with Gasteiger partial charge in [0.25, 0.3) is 0 Å². The zero-order chi connectivity index (χ0) is 9.14. The molecule has 4 heteroatoms. The fraction of sp³-hybridized carbons (Fsp3) is 0.500. The normalized spacial score (nSPS) is 9.92. The first-order chi connectivity index (χ1) is 5.69. The predicted molar refractivity (Wildman–Crippen MR) is 50.5 cm³/mol. The van der Waals surface area contributed by atoms with Gasteiger partial charge in [0.1, 0.15) is 10.9 Å². The summed E-state index contributed by atoms with van der Waals surface area (Å²) in [5, 5.41) is 12.5. The van der Waals surface area contributed by atoms with E-state index in [9.17, 15) is 0 Å². The summed E-state index contributed by atoms with van der Waals surface area (Å²) in [5.74, 6) is 0.318. The second-order valence-electron chi connectivity index (χ2n) is 2.75. The third kappa shape index (κ3) is 1.56. The molecule has 0 aliphatic heterocycles. The van der Waals surface area contributed by atoms with E-state index in [1.165, 1.54) is 11.3 Å². The fourth-order valence-corrected chi connectivity index (χ4v) is 1.78. The highest BCUT2D eigenvalue weighted by Gasteiger charge is 2.12. The second-order valence-corrected chi connectivity index (χ2v) is 3.75. The maximum absolute atomic E-state index is 8.77. The number of hydrogen-bond donors (Lipinski definition) is 1. The molecule has 1 rings (SSSR count). The topological polar surface area (TPSA) is 48.7 Å². The molecule has 1 N–H and O–H groups in total. The van der Waals surface area contributed by atoms with Crippen molar-refractivity contribution in [2.75, 3.05) is 12.4 Å². The number of thiazole rings is 1. The van der Waals surface area contributed by atoms with Crippen LogP contribution in [0.5, 0.6) is 0 Å². The molecule has 0 amide bonds. The van der Waals surface area contributed by atoms with Gasteiger partial charge in [0.05, 0.1) is 5.69 Å². The Bertz CT molecular complexity index is 309. The third-order valence-corrected chi connectivity index (χ3v) is 2.51. The van der Waals surface area contributed by atoms with E-state index in [0.29, 0.717) is 10.8 Å². The Kier molecular flexibility index (Phi) is 2.66. The molecule has 12 heavy (non-hydrogen) atoms. The van der Waals surface area contributed by atoms with Crippen molar-refractivity contribution in [1.82, 2.24) is 4.98 Å². The Morgan fingerprint density at radius 1 is 1.58 bits per heavy atom. The molecule has 0 spiro atoms. The average Bonchev–Trinajstić information content (AvgIpc) is 2.47. The summed E-state index contributed by atoms with van der Waals surface area (Å²) in [6.07, 6.45) is 0. The number of nitriles is 1. The monoisotopic (exact) mass is 181 g/mol. The van der Waals surface area contributed by atoms with E-state index in [1.807, 2.05) is 20.9 Å². The average molecular weight is 181 g/mol. The van der Waals surface area contributed by atoms with E-state index >= 15 is 0 Å². The van der Waals surface area contributed by atoms with Crippen molar-refractivity contribution in [3.05, 3.63) is 10.6 Å².